The van der Waals surface area contributed by atoms with Crippen molar-refractivity contribution < 1.29 is 27.4 Å². The number of nitriles is 1. The number of halogens is 3. The molecule has 1 unspecified atom stereocenters. The molecule has 1 atom stereocenters. The van der Waals surface area contributed by atoms with Gasteiger partial charge in [-0.05, 0) is 31.0 Å². The standard InChI is InChI=1S/C18H21F3N2O3/c1-2-26-16(24)17(13-22,7-8-23-9-11-25-12-10-23)14-3-5-15(6-4-14)18(19,20)21/h3-6H,2,7-12H2,1H3. The molecule has 0 spiro atoms. The third kappa shape index (κ3) is 4.54. The number of benzene rings is 1. The van der Waals surface area contributed by atoms with Gasteiger partial charge in [-0.1, -0.05) is 12.1 Å². The van der Waals surface area contributed by atoms with Crippen LogP contribution in [-0.4, -0.2) is 50.3 Å². The second-order valence-electron chi connectivity index (χ2n) is 6.02. The topological polar surface area (TPSA) is 62.6 Å². The number of hydrogen-bond donors (Lipinski definition) is 0. The molecule has 0 bridgehead atoms. The van der Waals surface area contributed by atoms with E-state index in [1.54, 1.807) is 6.92 Å². The van der Waals surface area contributed by atoms with Gasteiger partial charge in [0.15, 0.2) is 5.41 Å². The first-order valence-corrected chi connectivity index (χ1v) is 8.40. The Hall–Kier alpha value is -2.11. The highest BCUT2D eigenvalue weighted by Crippen LogP contribution is 2.34. The summed E-state index contributed by atoms with van der Waals surface area (Å²) in [5.41, 5.74) is -2.26. The van der Waals surface area contributed by atoms with E-state index in [0.29, 0.717) is 32.8 Å². The van der Waals surface area contributed by atoms with Crippen LogP contribution in [0.5, 0.6) is 0 Å². The minimum atomic E-state index is -4.48. The summed E-state index contributed by atoms with van der Waals surface area (Å²) in [7, 11) is 0. The largest absolute Gasteiger partial charge is 0.465 e. The van der Waals surface area contributed by atoms with E-state index in [-0.39, 0.29) is 18.6 Å². The van der Waals surface area contributed by atoms with Gasteiger partial charge in [0, 0.05) is 19.6 Å². The van der Waals surface area contributed by atoms with Crippen LogP contribution in [0.1, 0.15) is 24.5 Å². The van der Waals surface area contributed by atoms with E-state index in [1.165, 1.54) is 12.1 Å². The summed E-state index contributed by atoms with van der Waals surface area (Å²) >= 11 is 0. The highest BCUT2D eigenvalue weighted by molar-refractivity contribution is 5.86. The fourth-order valence-electron chi connectivity index (χ4n) is 2.88. The molecule has 0 aliphatic carbocycles. The molecule has 5 nitrogen and oxygen atoms in total. The zero-order chi connectivity index (χ0) is 19.2. The predicted octanol–water partition coefficient (Wildman–Crippen LogP) is 2.75. The minimum absolute atomic E-state index is 0.0838. The average Bonchev–Trinajstić information content (AvgIpc) is 2.63. The summed E-state index contributed by atoms with van der Waals surface area (Å²) in [6.07, 6.45) is -4.35. The molecular formula is C18H21F3N2O3. The zero-order valence-corrected chi connectivity index (χ0v) is 14.5. The molecule has 1 fully saturated rings. The smallest absolute Gasteiger partial charge is 0.416 e. The summed E-state index contributed by atoms with van der Waals surface area (Å²) in [6, 6.07) is 6.13. The Balaban J connectivity index is 2.29. The van der Waals surface area contributed by atoms with Crippen molar-refractivity contribution in [2.75, 3.05) is 39.5 Å². The van der Waals surface area contributed by atoms with Gasteiger partial charge in [0.1, 0.15) is 0 Å². The number of esters is 1. The summed E-state index contributed by atoms with van der Waals surface area (Å²) in [6.45, 7) is 4.64. The van der Waals surface area contributed by atoms with E-state index in [2.05, 4.69) is 4.90 Å². The summed E-state index contributed by atoms with van der Waals surface area (Å²) < 4.78 is 48.7. The Morgan fingerprint density at radius 1 is 1.23 bits per heavy atom. The number of ether oxygens (including phenoxy) is 2. The molecule has 26 heavy (non-hydrogen) atoms. The fourth-order valence-corrected chi connectivity index (χ4v) is 2.88. The van der Waals surface area contributed by atoms with Gasteiger partial charge >= 0.3 is 12.1 Å². The molecule has 8 heteroatoms. The van der Waals surface area contributed by atoms with E-state index < -0.39 is 23.1 Å². The first-order chi connectivity index (χ1) is 12.3. The normalized spacial score (nSPS) is 18.0. The first-order valence-electron chi connectivity index (χ1n) is 8.40. The van der Waals surface area contributed by atoms with Gasteiger partial charge in [-0.15, -0.1) is 0 Å². The molecule has 0 saturated carbocycles. The molecule has 1 aromatic carbocycles. The van der Waals surface area contributed by atoms with Crippen LogP contribution in [0.2, 0.25) is 0 Å². The molecule has 1 aromatic rings. The van der Waals surface area contributed by atoms with Crippen LogP contribution in [0.15, 0.2) is 24.3 Å². The average molecular weight is 370 g/mol. The molecule has 1 aliphatic heterocycles. The SMILES string of the molecule is CCOC(=O)C(C#N)(CCN1CCOCC1)c1ccc(C(F)(F)F)cc1. The molecule has 2 rings (SSSR count). The molecule has 1 aliphatic rings. The summed E-state index contributed by atoms with van der Waals surface area (Å²) in [5, 5.41) is 9.77. The maximum atomic E-state index is 12.8. The zero-order valence-electron chi connectivity index (χ0n) is 14.5. The van der Waals surface area contributed by atoms with Gasteiger partial charge in [-0.3, -0.25) is 4.90 Å². The lowest BCUT2D eigenvalue weighted by molar-refractivity contribution is -0.148. The van der Waals surface area contributed by atoms with E-state index in [1.807, 2.05) is 6.07 Å². The Bertz CT molecular complexity index is 649. The van der Waals surface area contributed by atoms with Crippen molar-refractivity contribution in [2.45, 2.75) is 24.9 Å². The van der Waals surface area contributed by atoms with Gasteiger partial charge < -0.3 is 9.47 Å². The Kier molecular flexibility index (Phi) is 6.62. The lowest BCUT2D eigenvalue weighted by Crippen LogP contribution is -2.43. The summed E-state index contributed by atoms with van der Waals surface area (Å²) in [5.74, 6) is -0.740. The molecule has 142 valence electrons. The number of rotatable bonds is 6. The monoisotopic (exact) mass is 370 g/mol. The second-order valence-corrected chi connectivity index (χ2v) is 6.02. The molecule has 0 N–H and O–H groups in total. The maximum Gasteiger partial charge on any atom is 0.416 e. The van der Waals surface area contributed by atoms with Crippen LogP contribution in [0, 0.1) is 11.3 Å². The van der Waals surface area contributed by atoms with E-state index in [0.717, 1.165) is 12.1 Å². The Morgan fingerprint density at radius 3 is 2.31 bits per heavy atom. The van der Waals surface area contributed by atoms with E-state index in [4.69, 9.17) is 9.47 Å². The van der Waals surface area contributed by atoms with Crippen molar-refractivity contribution in [1.29, 1.82) is 5.26 Å². The highest BCUT2D eigenvalue weighted by atomic mass is 19.4. The van der Waals surface area contributed by atoms with Crippen LogP contribution >= 0.6 is 0 Å². The van der Waals surface area contributed by atoms with Crippen molar-refractivity contribution in [1.82, 2.24) is 4.90 Å². The van der Waals surface area contributed by atoms with Gasteiger partial charge in [0.2, 0.25) is 0 Å². The van der Waals surface area contributed by atoms with Crippen molar-refractivity contribution in [3.63, 3.8) is 0 Å². The molecule has 1 saturated heterocycles. The third-order valence-electron chi connectivity index (χ3n) is 4.43. The van der Waals surface area contributed by atoms with Crippen LogP contribution in [0.25, 0.3) is 0 Å². The fraction of sp³-hybridized carbons (Fsp3) is 0.556. The van der Waals surface area contributed by atoms with Crippen molar-refractivity contribution in [3.8, 4) is 6.07 Å². The van der Waals surface area contributed by atoms with Crippen molar-refractivity contribution >= 4 is 5.97 Å². The van der Waals surface area contributed by atoms with Crippen LogP contribution < -0.4 is 0 Å². The number of nitrogens with zero attached hydrogens (tertiary/aromatic N) is 2. The van der Waals surface area contributed by atoms with Crippen LogP contribution in [0.3, 0.4) is 0 Å². The van der Waals surface area contributed by atoms with Crippen molar-refractivity contribution in [3.05, 3.63) is 35.4 Å². The number of alkyl halides is 3. The first kappa shape index (κ1) is 20.2. The number of morpholine rings is 1. The van der Waals surface area contributed by atoms with Gasteiger partial charge in [-0.25, -0.2) is 4.79 Å². The van der Waals surface area contributed by atoms with Gasteiger partial charge in [0.05, 0.1) is 31.5 Å². The molecule has 0 amide bonds. The highest BCUT2D eigenvalue weighted by Gasteiger charge is 2.43. The molecule has 0 aromatic heterocycles. The van der Waals surface area contributed by atoms with E-state index >= 15 is 0 Å². The Labute approximate surface area is 150 Å². The quantitative estimate of drug-likeness (QED) is 0.721. The molecular weight excluding hydrogens is 349 g/mol. The molecule has 0 radical (unpaired) electrons. The predicted molar refractivity (Wildman–Crippen MR) is 87.2 cm³/mol. The molecule has 1 heterocycles. The van der Waals surface area contributed by atoms with Crippen LogP contribution in [-0.2, 0) is 25.9 Å². The van der Waals surface area contributed by atoms with Crippen LogP contribution in [0.4, 0.5) is 13.2 Å². The van der Waals surface area contributed by atoms with Crippen molar-refractivity contribution in [2.24, 2.45) is 0 Å². The maximum absolute atomic E-state index is 12.8. The lowest BCUT2D eigenvalue weighted by atomic mass is 9.78. The lowest BCUT2D eigenvalue weighted by Gasteiger charge is -2.31. The third-order valence-corrected chi connectivity index (χ3v) is 4.43. The van der Waals surface area contributed by atoms with Gasteiger partial charge in [-0.2, -0.15) is 18.4 Å². The minimum Gasteiger partial charge on any atom is -0.465 e. The number of carbonyl (C=O) groups excluding carboxylic acids is 1. The van der Waals surface area contributed by atoms with E-state index in [9.17, 15) is 23.2 Å². The Morgan fingerprint density at radius 2 is 1.81 bits per heavy atom. The number of hydrogen-bond acceptors (Lipinski definition) is 5. The van der Waals surface area contributed by atoms with Gasteiger partial charge in [0.25, 0.3) is 0 Å². The summed E-state index contributed by atoms with van der Waals surface area (Å²) in [4.78, 5) is 14.6. The number of carbonyl (C=O) groups is 1. The second kappa shape index (κ2) is 8.52.